The lowest BCUT2D eigenvalue weighted by Gasteiger charge is -2.21. The fraction of sp³-hybridized carbons (Fsp3) is 0.412. The van der Waals surface area contributed by atoms with Gasteiger partial charge in [0.2, 0.25) is 0 Å². The highest BCUT2D eigenvalue weighted by Gasteiger charge is 2.09. The highest BCUT2D eigenvalue weighted by molar-refractivity contribution is 5.15. The van der Waals surface area contributed by atoms with E-state index in [0.717, 1.165) is 50.5 Å². The first-order chi connectivity index (χ1) is 9.81. The van der Waals surface area contributed by atoms with Crippen LogP contribution in [-0.4, -0.2) is 18.0 Å². The smallest absolute Gasteiger partial charge is 0.118 e. The van der Waals surface area contributed by atoms with Crippen molar-refractivity contribution in [2.75, 3.05) is 13.1 Å². The number of rotatable bonds is 8. The van der Waals surface area contributed by atoms with Gasteiger partial charge in [0, 0.05) is 19.5 Å². The largest absolute Gasteiger partial charge is 0.465 e. The summed E-state index contributed by atoms with van der Waals surface area (Å²) in [6.45, 7) is 5.61. The topological polar surface area (TPSA) is 42.4 Å². The van der Waals surface area contributed by atoms with E-state index in [1.54, 1.807) is 0 Å². The second kappa shape index (κ2) is 7.88. The van der Waals surface area contributed by atoms with E-state index in [4.69, 9.17) is 10.2 Å². The van der Waals surface area contributed by atoms with Crippen LogP contribution in [0, 0.1) is 0 Å². The lowest BCUT2D eigenvalue weighted by Crippen LogP contribution is -2.25. The quantitative estimate of drug-likeness (QED) is 0.802. The number of nitrogens with two attached hydrogens (primary N) is 1. The van der Waals surface area contributed by atoms with Crippen molar-refractivity contribution in [3.8, 4) is 0 Å². The van der Waals surface area contributed by atoms with Crippen molar-refractivity contribution in [1.82, 2.24) is 4.90 Å². The summed E-state index contributed by atoms with van der Waals surface area (Å²) in [5, 5.41) is 0. The zero-order valence-corrected chi connectivity index (χ0v) is 12.2. The van der Waals surface area contributed by atoms with E-state index in [2.05, 4.69) is 48.2 Å². The summed E-state index contributed by atoms with van der Waals surface area (Å²) in [5.74, 6) is 2.09. The maximum absolute atomic E-state index is 5.81. The van der Waals surface area contributed by atoms with Crippen molar-refractivity contribution >= 4 is 0 Å². The highest BCUT2D eigenvalue weighted by atomic mass is 16.3. The molecule has 0 bridgehead atoms. The average molecular weight is 272 g/mol. The zero-order valence-electron chi connectivity index (χ0n) is 12.2. The molecule has 0 amide bonds. The molecule has 0 atom stereocenters. The summed E-state index contributed by atoms with van der Waals surface area (Å²) in [6.07, 6.45) is 1.95. The molecule has 108 valence electrons. The highest BCUT2D eigenvalue weighted by Crippen LogP contribution is 2.14. The average Bonchev–Trinajstić information content (AvgIpc) is 2.93. The molecule has 2 rings (SSSR count). The van der Waals surface area contributed by atoms with Crippen LogP contribution < -0.4 is 5.73 Å². The molecule has 0 saturated carbocycles. The minimum atomic E-state index is 0.726. The van der Waals surface area contributed by atoms with Crippen LogP contribution in [0.2, 0.25) is 0 Å². The molecule has 2 N–H and O–H groups in total. The van der Waals surface area contributed by atoms with Crippen LogP contribution >= 0.6 is 0 Å². The monoisotopic (exact) mass is 272 g/mol. The van der Waals surface area contributed by atoms with Gasteiger partial charge in [0.25, 0.3) is 0 Å². The molecule has 1 aromatic carbocycles. The van der Waals surface area contributed by atoms with Gasteiger partial charge in [-0.15, -0.1) is 0 Å². The Morgan fingerprint density at radius 2 is 1.75 bits per heavy atom. The van der Waals surface area contributed by atoms with Gasteiger partial charge in [-0.25, -0.2) is 0 Å². The summed E-state index contributed by atoms with van der Waals surface area (Å²) in [4.78, 5) is 2.39. The molecule has 2 aromatic rings. The van der Waals surface area contributed by atoms with E-state index in [9.17, 15) is 0 Å². The third-order valence-corrected chi connectivity index (χ3v) is 3.37. The van der Waals surface area contributed by atoms with E-state index in [0.29, 0.717) is 0 Å². The molecule has 3 heteroatoms. The molecular formula is C17H24N2O. The van der Waals surface area contributed by atoms with Gasteiger partial charge in [-0.3, -0.25) is 4.90 Å². The van der Waals surface area contributed by atoms with Crippen LogP contribution in [0.25, 0.3) is 0 Å². The molecule has 0 saturated heterocycles. The molecule has 0 radical (unpaired) electrons. The molecular weight excluding hydrogens is 248 g/mol. The molecule has 20 heavy (non-hydrogen) atoms. The number of nitrogens with zero attached hydrogens (tertiary/aromatic N) is 1. The Labute approximate surface area is 121 Å². The first kappa shape index (κ1) is 14.8. The van der Waals surface area contributed by atoms with Crippen molar-refractivity contribution in [2.24, 2.45) is 5.73 Å². The second-order valence-electron chi connectivity index (χ2n) is 5.06. The van der Waals surface area contributed by atoms with Gasteiger partial charge in [-0.05, 0) is 30.7 Å². The predicted molar refractivity (Wildman–Crippen MR) is 82.3 cm³/mol. The lowest BCUT2D eigenvalue weighted by molar-refractivity contribution is 0.232. The fourth-order valence-electron chi connectivity index (χ4n) is 2.29. The first-order valence-corrected chi connectivity index (χ1v) is 7.35. The van der Waals surface area contributed by atoms with Crippen LogP contribution in [0.15, 0.2) is 46.9 Å². The Morgan fingerprint density at radius 3 is 2.40 bits per heavy atom. The Kier molecular flexibility index (Phi) is 5.84. The number of hydrogen-bond acceptors (Lipinski definition) is 3. The standard InChI is InChI=1S/C17H24N2O/c1-2-16-9-10-17(20-16)14-19(12-6-11-18)13-15-7-4-3-5-8-15/h3-5,7-10H,2,6,11-14,18H2,1H3. The van der Waals surface area contributed by atoms with E-state index >= 15 is 0 Å². The molecule has 1 heterocycles. The summed E-state index contributed by atoms with van der Waals surface area (Å²) in [5.41, 5.74) is 6.96. The SMILES string of the molecule is CCc1ccc(CN(CCCN)Cc2ccccc2)o1. The van der Waals surface area contributed by atoms with Crippen LogP contribution in [0.4, 0.5) is 0 Å². The van der Waals surface area contributed by atoms with E-state index in [-0.39, 0.29) is 0 Å². The number of hydrogen-bond donors (Lipinski definition) is 1. The summed E-state index contributed by atoms with van der Waals surface area (Å²) in [7, 11) is 0. The van der Waals surface area contributed by atoms with Crippen LogP contribution in [0.3, 0.4) is 0 Å². The second-order valence-corrected chi connectivity index (χ2v) is 5.06. The van der Waals surface area contributed by atoms with Crippen LogP contribution in [0.1, 0.15) is 30.4 Å². The van der Waals surface area contributed by atoms with Gasteiger partial charge in [-0.2, -0.15) is 0 Å². The van der Waals surface area contributed by atoms with E-state index < -0.39 is 0 Å². The molecule has 0 unspecified atom stereocenters. The zero-order chi connectivity index (χ0) is 14.2. The van der Waals surface area contributed by atoms with Crippen LogP contribution in [-0.2, 0) is 19.5 Å². The third-order valence-electron chi connectivity index (χ3n) is 3.37. The van der Waals surface area contributed by atoms with Gasteiger partial charge >= 0.3 is 0 Å². The molecule has 0 fully saturated rings. The summed E-state index contributed by atoms with van der Waals surface area (Å²) < 4.78 is 5.81. The molecule has 0 aliphatic rings. The van der Waals surface area contributed by atoms with Crippen molar-refractivity contribution in [2.45, 2.75) is 32.9 Å². The maximum atomic E-state index is 5.81. The van der Waals surface area contributed by atoms with Crippen molar-refractivity contribution in [3.63, 3.8) is 0 Å². The van der Waals surface area contributed by atoms with E-state index in [1.165, 1.54) is 5.56 Å². The van der Waals surface area contributed by atoms with Gasteiger partial charge in [0.15, 0.2) is 0 Å². The predicted octanol–water partition coefficient (Wildman–Crippen LogP) is 3.19. The van der Waals surface area contributed by atoms with Gasteiger partial charge < -0.3 is 10.2 Å². The van der Waals surface area contributed by atoms with E-state index in [1.807, 2.05) is 6.07 Å². The Balaban J connectivity index is 1.99. The Hall–Kier alpha value is -1.58. The first-order valence-electron chi connectivity index (χ1n) is 7.35. The Bertz CT molecular complexity index is 493. The Morgan fingerprint density at radius 1 is 1.00 bits per heavy atom. The number of aryl methyl sites for hydroxylation is 1. The van der Waals surface area contributed by atoms with Gasteiger partial charge in [-0.1, -0.05) is 37.3 Å². The molecule has 0 aliphatic heterocycles. The third kappa shape index (κ3) is 4.51. The molecule has 1 aromatic heterocycles. The molecule has 0 aliphatic carbocycles. The fourth-order valence-corrected chi connectivity index (χ4v) is 2.29. The maximum Gasteiger partial charge on any atom is 0.118 e. The van der Waals surface area contributed by atoms with Gasteiger partial charge in [0.05, 0.1) is 6.54 Å². The lowest BCUT2D eigenvalue weighted by atomic mass is 10.2. The van der Waals surface area contributed by atoms with Crippen molar-refractivity contribution < 1.29 is 4.42 Å². The normalized spacial score (nSPS) is 11.2. The molecule has 3 nitrogen and oxygen atoms in total. The number of furan rings is 1. The number of benzene rings is 1. The molecule has 0 spiro atoms. The van der Waals surface area contributed by atoms with Crippen molar-refractivity contribution in [3.05, 3.63) is 59.5 Å². The van der Waals surface area contributed by atoms with Crippen molar-refractivity contribution in [1.29, 1.82) is 0 Å². The summed E-state index contributed by atoms with van der Waals surface area (Å²) >= 11 is 0. The minimum absolute atomic E-state index is 0.726. The van der Waals surface area contributed by atoms with Gasteiger partial charge in [0.1, 0.15) is 11.5 Å². The minimum Gasteiger partial charge on any atom is -0.465 e. The summed E-state index contributed by atoms with van der Waals surface area (Å²) in [6, 6.07) is 14.7. The van der Waals surface area contributed by atoms with Crippen LogP contribution in [0.5, 0.6) is 0 Å².